The molecule has 4 nitrogen and oxygen atoms in total. The average molecular weight is 324 g/mol. The molecule has 0 atom stereocenters. The van der Waals surface area contributed by atoms with Gasteiger partial charge in [-0.2, -0.15) is 0 Å². The van der Waals surface area contributed by atoms with Gasteiger partial charge in [0.25, 0.3) is 0 Å². The van der Waals surface area contributed by atoms with Gasteiger partial charge in [-0.05, 0) is 40.9 Å². The SMILES string of the molecule is COc1cccc(P(c2cccc(OC)c2)c2ncccn2)c1. The fourth-order valence-electron chi connectivity index (χ4n) is 2.29. The molecule has 1 aromatic heterocycles. The standard InChI is InChI=1S/C18H17N2O2P/c1-21-14-6-3-8-16(12-14)23(18-19-10-5-11-20-18)17-9-4-7-15(13-17)22-2/h3-13H,1-2H3. The number of ether oxygens (including phenoxy) is 2. The van der Waals surface area contributed by atoms with Gasteiger partial charge in [0.2, 0.25) is 0 Å². The van der Waals surface area contributed by atoms with Crippen LogP contribution in [0.15, 0.2) is 67.0 Å². The zero-order chi connectivity index (χ0) is 16.1. The monoisotopic (exact) mass is 324 g/mol. The second-order valence-corrected chi connectivity index (χ2v) is 6.89. The highest BCUT2D eigenvalue weighted by molar-refractivity contribution is 7.79. The number of nitrogens with zero attached hydrogens (tertiary/aromatic N) is 2. The van der Waals surface area contributed by atoms with Gasteiger partial charge in [-0.3, -0.25) is 0 Å². The molecule has 23 heavy (non-hydrogen) atoms. The summed E-state index contributed by atoms with van der Waals surface area (Å²) in [6.45, 7) is 0. The predicted octanol–water partition coefficient (Wildman–Crippen LogP) is 2.25. The van der Waals surface area contributed by atoms with Crippen LogP contribution in [-0.4, -0.2) is 24.2 Å². The molecule has 0 aliphatic carbocycles. The van der Waals surface area contributed by atoms with Crippen molar-refractivity contribution in [2.75, 3.05) is 14.2 Å². The third kappa shape index (κ3) is 3.49. The van der Waals surface area contributed by atoms with E-state index in [4.69, 9.17) is 9.47 Å². The molecule has 0 bridgehead atoms. The van der Waals surface area contributed by atoms with Crippen LogP contribution in [0.4, 0.5) is 0 Å². The van der Waals surface area contributed by atoms with E-state index in [0.29, 0.717) is 0 Å². The van der Waals surface area contributed by atoms with E-state index in [1.54, 1.807) is 26.6 Å². The van der Waals surface area contributed by atoms with Gasteiger partial charge >= 0.3 is 0 Å². The predicted molar refractivity (Wildman–Crippen MR) is 93.8 cm³/mol. The number of methoxy groups -OCH3 is 2. The minimum atomic E-state index is -0.872. The Morgan fingerprint density at radius 2 is 1.26 bits per heavy atom. The maximum Gasteiger partial charge on any atom is 0.159 e. The highest BCUT2D eigenvalue weighted by Crippen LogP contribution is 2.33. The van der Waals surface area contributed by atoms with Crippen LogP contribution in [-0.2, 0) is 0 Å². The third-order valence-electron chi connectivity index (χ3n) is 3.38. The van der Waals surface area contributed by atoms with Crippen molar-refractivity contribution >= 4 is 24.1 Å². The lowest BCUT2D eigenvalue weighted by molar-refractivity contribution is 0.415. The molecular weight excluding hydrogens is 307 g/mol. The molecule has 0 unspecified atom stereocenters. The molecule has 5 heteroatoms. The Bertz CT molecular complexity index is 733. The van der Waals surface area contributed by atoms with E-state index in [1.807, 2.05) is 42.5 Å². The molecular formula is C18H17N2O2P. The highest BCUT2D eigenvalue weighted by Gasteiger charge is 2.20. The van der Waals surface area contributed by atoms with Gasteiger partial charge in [-0.25, -0.2) is 9.97 Å². The molecule has 3 rings (SSSR count). The van der Waals surface area contributed by atoms with Crippen LogP contribution >= 0.6 is 7.92 Å². The van der Waals surface area contributed by atoms with Gasteiger partial charge in [0.05, 0.1) is 14.2 Å². The molecule has 0 spiro atoms. The average Bonchev–Trinajstić information content (AvgIpc) is 2.63. The van der Waals surface area contributed by atoms with Crippen molar-refractivity contribution < 1.29 is 9.47 Å². The van der Waals surface area contributed by atoms with Gasteiger partial charge in [-0.15, -0.1) is 0 Å². The molecule has 0 saturated heterocycles. The normalized spacial score (nSPS) is 10.6. The largest absolute Gasteiger partial charge is 0.497 e. The fourth-order valence-corrected chi connectivity index (χ4v) is 4.39. The summed E-state index contributed by atoms with van der Waals surface area (Å²) in [5.74, 6) is 1.66. The minimum absolute atomic E-state index is 0.809. The van der Waals surface area contributed by atoms with Crippen molar-refractivity contribution in [2.24, 2.45) is 0 Å². The van der Waals surface area contributed by atoms with E-state index in [0.717, 1.165) is 27.7 Å². The molecule has 0 aliphatic rings. The second-order valence-electron chi connectivity index (χ2n) is 4.79. The van der Waals surface area contributed by atoms with E-state index in [-0.39, 0.29) is 0 Å². The van der Waals surface area contributed by atoms with Gasteiger partial charge in [0.15, 0.2) is 5.57 Å². The number of hydrogen-bond donors (Lipinski definition) is 0. The van der Waals surface area contributed by atoms with E-state index < -0.39 is 7.92 Å². The number of hydrogen-bond acceptors (Lipinski definition) is 4. The first-order valence-electron chi connectivity index (χ1n) is 7.17. The van der Waals surface area contributed by atoms with Crippen LogP contribution in [0.25, 0.3) is 0 Å². The topological polar surface area (TPSA) is 44.2 Å². The maximum absolute atomic E-state index is 5.37. The summed E-state index contributed by atoms with van der Waals surface area (Å²) in [5.41, 5.74) is 0.809. The molecule has 1 heterocycles. The lowest BCUT2D eigenvalue weighted by Gasteiger charge is -2.18. The molecule has 0 amide bonds. The fraction of sp³-hybridized carbons (Fsp3) is 0.111. The Kier molecular flexibility index (Phi) is 4.84. The summed E-state index contributed by atoms with van der Waals surface area (Å²) in [5, 5.41) is 2.28. The number of benzene rings is 2. The van der Waals surface area contributed by atoms with Crippen LogP contribution in [0.5, 0.6) is 11.5 Å². The first-order chi connectivity index (χ1) is 11.3. The highest BCUT2D eigenvalue weighted by atomic mass is 31.1. The van der Waals surface area contributed by atoms with Gasteiger partial charge < -0.3 is 9.47 Å². The van der Waals surface area contributed by atoms with Crippen molar-refractivity contribution in [2.45, 2.75) is 0 Å². The molecule has 0 fully saturated rings. The molecule has 0 aliphatic heterocycles. The summed E-state index contributed by atoms with van der Waals surface area (Å²) >= 11 is 0. The van der Waals surface area contributed by atoms with Crippen LogP contribution in [0.2, 0.25) is 0 Å². The van der Waals surface area contributed by atoms with Crippen molar-refractivity contribution in [3.05, 3.63) is 67.0 Å². The Labute approximate surface area is 136 Å². The van der Waals surface area contributed by atoms with E-state index in [1.165, 1.54) is 0 Å². The first kappa shape index (κ1) is 15.4. The van der Waals surface area contributed by atoms with Crippen molar-refractivity contribution in [3.8, 4) is 11.5 Å². The third-order valence-corrected chi connectivity index (χ3v) is 5.60. The molecule has 0 N–H and O–H groups in total. The number of aromatic nitrogens is 2. The van der Waals surface area contributed by atoms with Crippen molar-refractivity contribution in [1.29, 1.82) is 0 Å². The summed E-state index contributed by atoms with van der Waals surface area (Å²) in [7, 11) is 2.47. The van der Waals surface area contributed by atoms with Crippen molar-refractivity contribution in [1.82, 2.24) is 9.97 Å². The quantitative estimate of drug-likeness (QED) is 0.675. The Hall–Kier alpha value is -2.45. The van der Waals surface area contributed by atoms with E-state index >= 15 is 0 Å². The maximum atomic E-state index is 5.37. The summed E-state index contributed by atoms with van der Waals surface area (Å²) in [6, 6.07) is 18.0. The summed E-state index contributed by atoms with van der Waals surface area (Å²) in [6.07, 6.45) is 3.55. The van der Waals surface area contributed by atoms with Gasteiger partial charge in [0, 0.05) is 20.3 Å². The molecule has 0 radical (unpaired) electrons. The van der Waals surface area contributed by atoms with Crippen LogP contribution in [0.3, 0.4) is 0 Å². The van der Waals surface area contributed by atoms with Crippen LogP contribution in [0.1, 0.15) is 0 Å². The Morgan fingerprint density at radius 1 is 0.739 bits per heavy atom. The Balaban J connectivity index is 2.13. The Morgan fingerprint density at radius 3 is 1.74 bits per heavy atom. The molecule has 116 valence electrons. The van der Waals surface area contributed by atoms with Crippen LogP contribution < -0.4 is 25.6 Å². The first-order valence-corrected chi connectivity index (χ1v) is 8.51. The molecule has 3 aromatic rings. The lowest BCUT2D eigenvalue weighted by Crippen LogP contribution is -2.25. The minimum Gasteiger partial charge on any atom is -0.497 e. The van der Waals surface area contributed by atoms with E-state index in [9.17, 15) is 0 Å². The van der Waals surface area contributed by atoms with Crippen molar-refractivity contribution in [3.63, 3.8) is 0 Å². The molecule has 0 saturated carbocycles. The number of rotatable bonds is 5. The molecule has 2 aromatic carbocycles. The summed E-state index contributed by atoms with van der Waals surface area (Å²) in [4.78, 5) is 8.96. The zero-order valence-electron chi connectivity index (χ0n) is 13.0. The zero-order valence-corrected chi connectivity index (χ0v) is 13.9. The van der Waals surface area contributed by atoms with Crippen LogP contribution in [0, 0.1) is 0 Å². The smallest absolute Gasteiger partial charge is 0.159 e. The second kappa shape index (κ2) is 7.21. The summed E-state index contributed by atoms with van der Waals surface area (Å²) < 4.78 is 10.7. The lowest BCUT2D eigenvalue weighted by atomic mass is 10.3. The van der Waals surface area contributed by atoms with Gasteiger partial charge in [-0.1, -0.05) is 24.3 Å². The van der Waals surface area contributed by atoms with E-state index in [2.05, 4.69) is 22.1 Å². The van der Waals surface area contributed by atoms with Gasteiger partial charge in [0.1, 0.15) is 11.5 Å².